The van der Waals surface area contributed by atoms with Gasteiger partial charge in [0, 0.05) is 50.4 Å². The smallest absolute Gasteiger partial charge is 0.419 e. The van der Waals surface area contributed by atoms with Crippen LogP contribution >= 0.6 is 0 Å². The van der Waals surface area contributed by atoms with E-state index in [9.17, 15) is 18.0 Å². The zero-order valence-corrected chi connectivity index (χ0v) is 19.8. The highest BCUT2D eigenvalue weighted by atomic mass is 32.2. The van der Waals surface area contributed by atoms with Crippen LogP contribution in [-0.4, -0.2) is 47.9 Å². The van der Waals surface area contributed by atoms with E-state index in [1.165, 1.54) is 21.0 Å². The number of pyridine rings is 1. The van der Waals surface area contributed by atoms with Crippen molar-refractivity contribution in [3.63, 3.8) is 0 Å². The monoisotopic (exact) mass is 488 g/mol. The second kappa shape index (κ2) is 10.4. The van der Waals surface area contributed by atoms with E-state index in [1.54, 1.807) is 18.3 Å². The Hall–Kier alpha value is -3.18. The van der Waals surface area contributed by atoms with Crippen LogP contribution in [0.15, 0.2) is 50.6 Å². The maximum absolute atomic E-state index is 12.8. The highest BCUT2D eigenvalue weighted by Crippen LogP contribution is 2.24. The first-order chi connectivity index (χ1) is 16.4. The zero-order chi connectivity index (χ0) is 24.1. The molecule has 11 heteroatoms. The number of ether oxygens (including phenoxy) is 1. The van der Waals surface area contributed by atoms with Gasteiger partial charge in [-0.25, -0.2) is 18.2 Å². The summed E-state index contributed by atoms with van der Waals surface area (Å²) in [5, 5.41) is 2.82. The third-order valence-corrected chi connectivity index (χ3v) is 7.57. The minimum Gasteiger partial charge on any atom is -0.477 e. The van der Waals surface area contributed by atoms with Crippen LogP contribution in [0.2, 0.25) is 0 Å². The second-order valence-corrected chi connectivity index (χ2v) is 10.0. The van der Waals surface area contributed by atoms with Crippen molar-refractivity contribution in [1.29, 1.82) is 0 Å². The number of carbonyl (C=O) groups is 1. The number of oxazole rings is 1. The van der Waals surface area contributed by atoms with Gasteiger partial charge in [-0.1, -0.05) is 13.0 Å². The van der Waals surface area contributed by atoms with Gasteiger partial charge in [-0.05, 0) is 37.5 Å². The maximum Gasteiger partial charge on any atom is 0.419 e. The van der Waals surface area contributed by atoms with Crippen molar-refractivity contribution in [2.24, 2.45) is 0 Å². The summed E-state index contributed by atoms with van der Waals surface area (Å²) < 4.78 is 39.2. The highest BCUT2D eigenvalue weighted by Gasteiger charge is 2.28. The molecular weight excluding hydrogens is 460 g/mol. The van der Waals surface area contributed by atoms with Crippen molar-refractivity contribution in [3.05, 3.63) is 52.6 Å². The van der Waals surface area contributed by atoms with E-state index < -0.39 is 15.8 Å². The molecule has 0 saturated carbocycles. The fraction of sp³-hybridized carbons (Fsp3) is 0.435. The first-order valence-corrected chi connectivity index (χ1v) is 12.8. The lowest BCUT2D eigenvalue weighted by molar-refractivity contribution is -0.121. The minimum absolute atomic E-state index is 0.0494. The number of hydrogen-bond acceptors (Lipinski definition) is 7. The van der Waals surface area contributed by atoms with Gasteiger partial charge in [0.05, 0.1) is 17.0 Å². The summed E-state index contributed by atoms with van der Waals surface area (Å²) in [4.78, 5) is 29.1. The van der Waals surface area contributed by atoms with Crippen LogP contribution in [0.25, 0.3) is 11.1 Å². The molecule has 2 aromatic heterocycles. The second-order valence-electron chi connectivity index (χ2n) is 8.10. The van der Waals surface area contributed by atoms with Crippen LogP contribution in [0.4, 0.5) is 0 Å². The van der Waals surface area contributed by atoms with Crippen LogP contribution in [0, 0.1) is 0 Å². The van der Waals surface area contributed by atoms with E-state index in [2.05, 4.69) is 10.3 Å². The Morgan fingerprint density at radius 2 is 2.03 bits per heavy atom. The van der Waals surface area contributed by atoms with Crippen molar-refractivity contribution >= 4 is 27.0 Å². The van der Waals surface area contributed by atoms with Crippen molar-refractivity contribution in [1.82, 2.24) is 19.2 Å². The molecule has 3 heterocycles. The predicted molar refractivity (Wildman–Crippen MR) is 125 cm³/mol. The number of carbonyl (C=O) groups excluding carboxylic acids is 1. The largest absolute Gasteiger partial charge is 0.477 e. The topological polar surface area (TPSA) is 124 Å². The van der Waals surface area contributed by atoms with E-state index in [1.807, 2.05) is 13.0 Å². The quantitative estimate of drug-likeness (QED) is 0.464. The lowest BCUT2D eigenvalue weighted by Crippen LogP contribution is -2.27. The average molecular weight is 489 g/mol. The molecule has 0 atom stereocenters. The van der Waals surface area contributed by atoms with Crippen LogP contribution < -0.4 is 15.8 Å². The molecule has 0 unspecified atom stereocenters. The molecule has 1 fully saturated rings. The van der Waals surface area contributed by atoms with Crippen LogP contribution in [0.5, 0.6) is 5.88 Å². The summed E-state index contributed by atoms with van der Waals surface area (Å²) in [5.74, 6) is -0.401. The molecule has 1 saturated heterocycles. The Morgan fingerprint density at radius 1 is 1.24 bits per heavy atom. The standard InChI is InChI=1S/C23H28N4O6S/c1-2-14-32-22-17(6-5-10-24-22)16-25-21(28)9-13-27-19-8-7-18(15-20(19)33-23(27)29)34(30,31)26-11-3-4-12-26/h5-8,10,15H,2-4,9,11-14,16H2,1H3,(H,25,28). The molecule has 1 N–H and O–H groups in total. The fourth-order valence-corrected chi connectivity index (χ4v) is 5.41. The molecule has 0 aliphatic carbocycles. The number of nitrogens with one attached hydrogen (secondary N) is 1. The first-order valence-electron chi connectivity index (χ1n) is 11.4. The van der Waals surface area contributed by atoms with E-state index in [4.69, 9.17) is 9.15 Å². The molecule has 10 nitrogen and oxygen atoms in total. The third-order valence-electron chi connectivity index (χ3n) is 5.67. The summed E-state index contributed by atoms with van der Waals surface area (Å²) in [6, 6.07) is 8.01. The van der Waals surface area contributed by atoms with Gasteiger partial charge < -0.3 is 14.5 Å². The molecule has 3 aromatic rings. The Bertz CT molecular complexity index is 1320. The lowest BCUT2D eigenvalue weighted by Gasteiger charge is -2.15. The van der Waals surface area contributed by atoms with Gasteiger partial charge in [-0.2, -0.15) is 4.31 Å². The number of aromatic nitrogens is 2. The Kier molecular flexibility index (Phi) is 7.32. The SMILES string of the molecule is CCCOc1ncccc1CNC(=O)CCn1c(=O)oc2cc(S(=O)(=O)N3CCCC3)ccc21. The van der Waals surface area contributed by atoms with Crippen LogP contribution in [0.3, 0.4) is 0 Å². The summed E-state index contributed by atoms with van der Waals surface area (Å²) >= 11 is 0. The van der Waals surface area contributed by atoms with E-state index >= 15 is 0 Å². The fourth-order valence-electron chi connectivity index (χ4n) is 3.88. The van der Waals surface area contributed by atoms with Crippen molar-refractivity contribution in [3.8, 4) is 5.88 Å². The molecule has 1 aromatic carbocycles. The van der Waals surface area contributed by atoms with Gasteiger partial charge in [0.25, 0.3) is 0 Å². The summed E-state index contributed by atoms with van der Waals surface area (Å²) in [7, 11) is -3.62. The molecule has 34 heavy (non-hydrogen) atoms. The number of fused-ring (bicyclic) bond motifs is 1. The van der Waals surface area contributed by atoms with Crippen molar-refractivity contribution < 1.29 is 22.4 Å². The van der Waals surface area contributed by atoms with Crippen LogP contribution in [0.1, 0.15) is 38.2 Å². The van der Waals surface area contributed by atoms with Gasteiger partial charge in [-0.3, -0.25) is 9.36 Å². The Morgan fingerprint density at radius 3 is 2.79 bits per heavy atom. The summed E-state index contributed by atoms with van der Waals surface area (Å²) in [6.45, 7) is 3.87. The van der Waals surface area contributed by atoms with E-state index in [0.29, 0.717) is 31.1 Å². The Labute approximate surface area is 197 Å². The number of nitrogens with zero attached hydrogens (tertiary/aromatic N) is 3. The van der Waals surface area contributed by atoms with Gasteiger partial charge in [-0.15, -0.1) is 0 Å². The summed E-state index contributed by atoms with van der Waals surface area (Å²) in [6.07, 6.45) is 4.20. The number of hydrogen-bond donors (Lipinski definition) is 1. The zero-order valence-electron chi connectivity index (χ0n) is 19.0. The predicted octanol–water partition coefficient (Wildman–Crippen LogP) is 2.27. The maximum atomic E-state index is 12.8. The number of benzene rings is 1. The highest BCUT2D eigenvalue weighted by molar-refractivity contribution is 7.89. The van der Waals surface area contributed by atoms with E-state index in [0.717, 1.165) is 24.8 Å². The molecule has 182 valence electrons. The van der Waals surface area contributed by atoms with Gasteiger partial charge >= 0.3 is 5.76 Å². The first kappa shape index (κ1) is 24.0. The molecule has 1 aliphatic heterocycles. The normalized spacial score (nSPS) is 14.5. The van der Waals surface area contributed by atoms with Crippen LogP contribution in [-0.2, 0) is 27.9 Å². The number of rotatable bonds is 10. The molecule has 4 rings (SSSR count). The lowest BCUT2D eigenvalue weighted by atomic mass is 10.2. The number of sulfonamides is 1. The molecule has 0 spiro atoms. The van der Waals surface area contributed by atoms with Crippen molar-refractivity contribution in [2.75, 3.05) is 19.7 Å². The molecule has 1 amide bonds. The molecule has 1 aliphatic rings. The minimum atomic E-state index is -3.62. The molecular formula is C23H28N4O6S. The number of aryl methyl sites for hydroxylation is 1. The van der Waals surface area contributed by atoms with Crippen molar-refractivity contribution in [2.45, 2.75) is 50.6 Å². The van der Waals surface area contributed by atoms with Gasteiger partial charge in [0.1, 0.15) is 0 Å². The van der Waals surface area contributed by atoms with Gasteiger partial charge in [0.15, 0.2) is 5.58 Å². The van der Waals surface area contributed by atoms with E-state index in [-0.39, 0.29) is 35.9 Å². The molecule has 0 bridgehead atoms. The summed E-state index contributed by atoms with van der Waals surface area (Å²) in [5.41, 5.74) is 1.39. The molecule has 0 radical (unpaired) electrons. The number of amides is 1. The van der Waals surface area contributed by atoms with Gasteiger partial charge in [0.2, 0.25) is 21.8 Å². The third kappa shape index (κ3) is 5.15. The Balaban J connectivity index is 1.41. The average Bonchev–Trinajstić information content (AvgIpc) is 3.48.